The lowest BCUT2D eigenvalue weighted by Crippen LogP contribution is -2.05. The molecule has 0 aliphatic rings. The summed E-state index contributed by atoms with van der Waals surface area (Å²) in [5.74, 6) is 0.659. The average molecular weight is 493 g/mol. The number of benzene rings is 2. The summed E-state index contributed by atoms with van der Waals surface area (Å²) in [7, 11) is 0. The summed E-state index contributed by atoms with van der Waals surface area (Å²) in [6.07, 6.45) is -3.72. The van der Waals surface area contributed by atoms with Gasteiger partial charge >= 0.3 is 6.18 Å². The molecule has 9 heteroatoms. The van der Waals surface area contributed by atoms with E-state index in [2.05, 4.69) is 9.97 Å². The van der Waals surface area contributed by atoms with E-state index in [-0.39, 0.29) is 16.8 Å². The summed E-state index contributed by atoms with van der Waals surface area (Å²) in [5.41, 5.74) is 1.91. The molecule has 0 radical (unpaired) electrons. The lowest BCUT2D eigenvalue weighted by molar-refractivity contribution is -0.137. The largest absolute Gasteiger partial charge is 0.491 e. The minimum absolute atomic E-state index is 0.0115. The molecule has 2 aromatic heterocycles. The molecule has 170 valence electrons. The number of carbonyl (C=O) groups excluding carboxylic acids is 1. The molecule has 4 aromatic rings. The molecule has 0 spiro atoms. The van der Waals surface area contributed by atoms with Crippen molar-refractivity contribution in [3.05, 3.63) is 71.0 Å². The van der Waals surface area contributed by atoms with E-state index in [1.54, 1.807) is 24.3 Å². The van der Waals surface area contributed by atoms with E-state index < -0.39 is 17.0 Å². The molecule has 0 fully saturated rings. The SMILES string of the molecule is CC(C)Oc1ccc(-c2c(-c3ccc(C(F)(F)F)cn3)ccc3[nH]c(C(=O)Cl)c(Cl)c23)cc1. The number of nitrogens with zero attached hydrogens (tertiary/aromatic N) is 1. The number of alkyl halides is 3. The van der Waals surface area contributed by atoms with Crippen molar-refractivity contribution in [3.8, 4) is 28.1 Å². The summed E-state index contributed by atoms with van der Waals surface area (Å²) in [4.78, 5) is 18.8. The lowest BCUT2D eigenvalue weighted by Gasteiger charge is -2.14. The molecule has 0 aliphatic carbocycles. The zero-order valence-corrected chi connectivity index (χ0v) is 18.9. The first-order valence-corrected chi connectivity index (χ1v) is 10.7. The summed E-state index contributed by atoms with van der Waals surface area (Å²) in [5, 5.41) is -0.120. The third-order valence-corrected chi connectivity index (χ3v) is 5.55. The van der Waals surface area contributed by atoms with Crippen LogP contribution in [-0.2, 0) is 6.18 Å². The van der Waals surface area contributed by atoms with Crippen LogP contribution in [0, 0.1) is 0 Å². The Hall–Kier alpha value is -3.03. The Labute approximate surface area is 197 Å². The average Bonchev–Trinajstić information content (AvgIpc) is 3.10. The molecule has 0 atom stereocenters. The van der Waals surface area contributed by atoms with Crippen LogP contribution in [0.5, 0.6) is 5.75 Å². The number of fused-ring (bicyclic) bond motifs is 1. The normalized spacial score (nSPS) is 11.9. The molecule has 0 amide bonds. The van der Waals surface area contributed by atoms with Crippen molar-refractivity contribution in [1.82, 2.24) is 9.97 Å². The Kier molecular flexibility index (Phi) is 6.12. The van der Waals surface area contributed by atoms with Gasteiger partial charge in [-0.1, -0.05) is 29.8 Å². The Morgan fingerprint density at radius 2 is 1.76 bits per heavy atom. The third kappa shape index (κ3) is 4.56. The smallest absolute Gasteiger partial charge is 0.417 e. The fourth-order valence-corrected chi connectivity index (χ4v) is 4.11. The fraction of sp³-hybridized carbons (Fsp3) is 0.167. The molecule has 2 heterocycles. The second-order valence-corrected chi connectivity index (χ2v) is 8.34. The number of nitrogens with one attached hydrogen (secondary N) is 1. The minimum Gasteiger partial charge on any atom is -0.491 e. The van der Waals surface area contributed by atoms with Gasteiger partial charge in [0.15, 0.2) is 0 Å². The van der Waals surface area contributed by atoms with Crippen molar-refractivity contribution in [2.45, 2.75) is 26.1 Å². The lowest BCUT2D eigenvalue weighted by atomic mass is 9.93. The summed E-state index contributed by atoms with van der Waals surface area (Å²) >= 11 is 12.2. The zero-order valence-electron chi connectivity index (χ0n) is 17.4. The molecule has 0 aliphatic heterocycles. The molecule has 33 heavy (non-hydrogen) atoms. The Balaban J connectivity index is 1.95. The maximum atomic E-state index is 13.0. The number of ether oxygens (including phenoxy) is 1. The Morgan fingerprint density at radius 3 is 2.30 bits per heavy atom. The molecule has 0 saturated heterocycles. The highest BCUT2D eigenvalue weighted by Crippen LogP contribution is 2.43. The van der Waals surface area contributed by atoms with Gasteiger partial charge < -0.3 is 9.72 Å². The number of aromatic nitrogens is 2. The van der Waals surface area contributed by atoms with E-state index in [0.29, 0.717) is 39.0 Å². The number of H-pyrrole nitrogens is 1. The number of hydrogen-bond donors (Lipinski definition) is 1. The van der Waals surface area contributed by atoms with Crippen LogP contribution in [0.2, 0.25) is 5.02 Å². The number of carbonyl (C=O) groups is 1. The fourth-order valence-electron chi connectivity index (χ4n) is 3.59. The maximum absolute atomic E-state index is 13.0. The van der Waals surface area contributed by atoms with Crippen LogP contribution in [0.4, 0.5) is 13.2 Å². The number of rotatable bonds is 5. The highest BCUT2D eigenvalue weighted by Gasteiger charge is 2.31. The third-order valence-electron chi connectivity index (χ3n) is 4.98. The summed E-state index contributed by atoms with van der Waals surface area (Å²) in [6.45, 7) is 3.82. The molecule has 2 aromatic carbocycles. The second-order valence-electron chi connectivity index (χ2n) is 7.62. The molecule has 1 N–H and O–H groups in total. The number of hydrogen-bond acceptors (Lipinski definition) is 3. The monoisotopic (exact) mass is 492 g/mol. The first-order valence-electron chi connectivity index (χ1n) is 9.91. The van der Waals surface area contributed by atoms with Gasteiger partial charge in [-0.05, 0) is 61.3 Å². The highest BCUT2D eigenvalue weighted by molar-refractivity contribution is 6.69. The summed E-state index contributed by atoms with van der Waals surface area (Å²) in [6, 6.07) is 12.9. The van der Waals surface area contributed by atoms with Gasteiger partial charge in [0.25, 0.3) is 5.24 Å². The van der Waals surface area contributed by atoms with Crippen molar-refractivity contribution in [2.24, 2.45) is 0 Å². The van der Waals surface area contributed by atoms with Crippen LogP contribution < -0.4 is 4.74 Å². The molecule has 0 unspecified atom stereocenters. The van der Waals surface area contributed by atoms with Crippen molar-refractivity contribution in [1.29, 1.82) is 0 Å². The van der Waals surface area contributed by atoms with Gasteiger partial charge in [0.2, 0.25) is 0 Å². The predicted octanol–water partition coefficient (Wildman–Crippen LogP) is 7.74. The standard InChI is InChI=1S/C24H17Cl2F3N2O2/c1-12(2)33-15-6-3-13(4-7-15)19-16(17-9-5-14(11-30-17)24(27,28)29)8-10-18-20(19)21(25)22(31-18)23(26)32/h3-12,31H,1-2H3. The molecule has 4 nitrogen and oxygen atoms in total. The van der Waals surface area contributed by atoms with Crippen LogP contribution in [0.25, 0.3) is 33.3 Å². The van der Waals surface area contributed by atoms with E-state index in [9.17, 15) is 18.0 Å². The van der Waals surface area contributed by atoms with Gasteiger partial charge in [-0.2, -0.15) is 13.2 Å². The van der Waals surface area contributed by atoms with E-state index in [4.69, 9.17) is 27.9 Å². The Bertz CT molecular complexity index is 1330. The van der Waals surface area contributed by atoms with Crippen molar-refractivity contribution >= 4 is 39.3 Å². The minimum atomic E-state index is -4.50. The number of aromatic amines is 1. The topological polar surface area (TPSA) is 55.0 Å². The van der Waals surface area contributed by atoms with Crippen LogP contribution in [-0.4, -0.2) is 21.3 Å². The van der Waals surface area contributed by atoms with Crippen LogP contribution in [0.1, 0.15) is 29.9 Å². The first-order chi connectivity index (χ1) is 15.6. The van der Waals surface area contributed by atoms with Gasteiger partial charge in [0.1, 0.15) is 11.4 Å². The quantitative estimate of drug-likeness (QED) is 0.290. The predicted molar refractivity (Wildman–Crippen MR) is 123 cm³/mol. The molecular formula is C24H17Cl2F3N2O2. The van der Waals surface area contributed by atoms with E-state index in [0.717, 1.165) is 12.3 Å². The summed E-state index contributed by atoms with van der Waals surface area (Å²) < 4.78 is 44.7. The molecule has 0 saturated carbocycles. The van der Waals surface area contributed by atoms with Gasteiger partial charge in [0.05, 0.1) is 22.4 Å². The molecule has 4 rings (SSSR count). The number of halogens is 5. The maximum Gasteiger partial charge on any atom is 0.417 e. The van der Waals surface area contributed by atoms with Crippen molar-refractivity contribution in [2.75, 3.05) is 0 Å². The first kappa shape index (κ1) is 23.1. The van der Waals surface area contributed by atoms with Crippen molar-refractivity contribution in [3.63, 3.8) is 0 Å². The second kappa shape index (κ2) is 8.72. The van der Waals surface area contributed by atoms with Crippen LogP contribution in [0.3, 0.4) is 0 Å². The van der Waals surface area contributed by atoms with Gasteiger partial charge in [-0.15, -0.1) is 0 Å². The molecule has 0 bridgehead atoms. The van der Waals surface area contributed by atoms with Crippen molar-refractivity contribution < 1.29 is 22.7 Å². The highest BCUT2D eigenvalue weighted by atomic mass is 35.5. The van der Waals surface area contributed by atoms with Crippen LogP contribution in [0.15, 0.2) is 54.7 Å². The van der Waals surface area contributed by atoms with Gasteiger partial charge in [-0.25, -0.2) is 0 Å². The van der Waals surface area contributed by atoms with E-state index in [1.807, 2.05) is 26.0 Å². The molecular weight excluding hydrogens is 476 g/mol. The van der Waals surface area contributed by atoms with Crippen LogP contribution >= 0.6 is 23.2 Å². The zero-order chi connectivity index (χ0) is 23.9. The Morgan fingerprint density at radius 1 is 1.06 bits per heavy atom. The van der Waals surface area contributed by atoms with E-state index in [1.165, 1.54) is 6.07 Å². The number of pyridine rings is 1. The van der Waals surface area contributed by atoms with E-state index >= 15 is 0 Å². The van der Waals surface area contributed by atoms with Gasteiger partial charge in [0, 0.05) is 28.2 Å². The van der Waals surface area contributed by atoms with Gasteiger partial charge in [-0.3, -0.25) is 9.78 Å².